The minimum atomic E-state index is -0.834. The first-order valence-corrected chi connectivity index (χ1v) is 11.8. The van der Waals surface area contributed by atoms with Crippen molar-refractivity contribution in [2.45, 2.75) is 26.8 Å². The van der Waals surface area contributed by atoms with E-state index in [4.69, 9.17) is 21.1 Å². The molecule has 1 heterocycles. The summed E-state index contributed by atoms with van der Waals surface area (Å²) in [4.78, 5) is 28.0. The van der Waals surface area contributed by atoms with Crippen LogP contribution in [0.25, 0.3) is 5.76 Å². The van der Waals surface area contributed by atoms with Crippen molar-refractivity contribution in [3.05, 3.63) is 94.0 Å². The fourth-order valence-electron chi connectivity index (χ4n) is 4.10. The zero-order chi connectivity index (χ0) is 25.1. The number of aliphatic hydroxyl groups excluding tert-OH is 1. The van der Waals surface area contributed by atoms with Crippen LogP contribution in [0.4, 0.5) is 5.69 Å². The Labute approximate surface area is 209 Å². The van der Waals surface area contributed by atoms with Crippen molar-refractivity contribution in [1.82, 2.24) is 0 Å². The molecule has 1 fully saturated rings. The summed E-state index contributed by atoms with van der Waals surface area (Å²) in [5.74, 6) is -0.733. The van der Waals surface area contributed by atoms with Gasteiger partial charge in [0.25, 0.3) is 11.7 Å². The van der Waals surface area contributed by atoms with E-state index in [1.54, 1.807) is 54.6 Å². The number of ketones is 1. The van der Waals surface area contributed by atoms with E-state index < -0.39 is 17.7 Å². The molecular formula is C28H26ClNO5. The summed E-state index contributed by atoms with van der Waals surface area (Å²) < 4.78 is 11.1. The number of benzene rings is 3. The quantitative estimate of drug-likeness (QED) is 0.246. The lowest BCUT2D eigenvalue weighted by atomic mass is 9.95. The number of halogens is 1. The van der Waals surface area contributed by atoms with Crippen molar-refractivity contribution in [2.24, 2.45) is 0 Å². The van der Waals surface area contributed by atoms with Gasteiger partial charge in [0, 0.05) is 11.3 Å². The Morgan fingerprint density at radius 2 is 1.60 bits per heavy atom. The van der Waals surface area contributed by atoms with Gasteiger partial charge in [-0.15, -0.1) is 0 Å². The Morgan fingerprint density at radius 3 is 2.23 bits per heavy atom. The molecule has 3 aromatic carbocycles. The molecule has 0 bridgehead atoms. The molecular weight excluding hydrogens is 466 g/mol. The fraction of sp³-hybridized carbons (Fsp3) is 0.214. The standard InChI is InChI=1S/C28H26ClNO5/c1-4-34-21-13-8-18(9-14-21)25-24(26(31)19-10-15-22(29)23(16-19)35-5-2)27(32)28(33)30(25)20-11-6-17(3)7-12-20/h6-16,25,31H,4-5H2,1-3H3/b26-24-. The minimum Gasteiger partial charge on any atom is -0.507 e. The monoisotopic (exact) mass is 491 g/mol. The van der Waals surface area contributed by atoms with E-state index in [0.29, 0.717) is 46.5 Å². The third kappa shape index (κ3) is 4.75. The van der Waals surface area contributed by atoms with Crippen LogP contribution in [0.5, 0.6) is 11.5 Å². The van der Waals surface area contributed by atoms with Gasteiger partial charge in [-0.05, 0) is 68.8 Å². The van der Waals surface area contributed by atoms with Crippen molar-refractivity contribution in [1.29, 1.82) is 0 Å². The van der Waals surface area contributed by atoms with Crippen LogP contribution in [0, 0.1) is 6.92 Å². The molecule has 1 amide bonds. The van der Waals surface area contributed by atoms with Crippen molar-refractivity contribution in [2.75, 3.05) is 18.1 Å². The predicted octanol–water partition coefficient (Wildman–Crippen LogP) is 6.07. The van der Waals surface area contributed by atoms with Crippen LogP contribution in [0.15, 0.2) is 72.3 Å². The number of carbonyl (C=O) groups is 2. The lowest BCUT2D eigenvalue weighted by Gasteiger charge is -2.25. The van der Waals surface area contributed by atoms with E-state index in [1.165, 1.54) is 4.90 Å². The highest BCUT2D eigenvalue weighted by Crippen LogP contribution is 2.43. The molecule has 0 radical (unpaired) electrons. The molecule has 0 aliphatic carbocycles. The van der Waals surface area contributed by atoms with E-state index in [0.717, 1.165) is 5.56 Å². The van der Waals surface area contributed by atoms with Crippen molar-refractivity contribution >= 4 is 34.7 Å². The Morgan fingerprint density at radius 1 is 0.943 bits per heavy atom. The maximum Gasteiger partial charge on any atom is 0.300 e. The number of aliphatic hydroxyl groups is 1. The summed E-state index contributed by atoms with van der Waals surface area (Å²) >= 11 is 6.21. The normalized spacial score (nSPS) is 17.0. The third-order valence-electron chi connectivity index (χ3n) is 5.77. The highest BCUT2D eigenvalue weighted by atomic mass is 35.5. The number of carbonyl (C=O) groups excluding carboxylic acids is 2. The lowest BCUT2D eigenvalue weighted by Crippen LogP contribution is -2.29. The largest absolute Gasteiger partial charge is 0.507 e. The van der Waals surface area contributed by atoms with Gasteiger partial charge < -0.3 is 14.6 Å². The average Bonchev–Trinajstić information content (AvgIpc) is 3.12. The summed E-state index contributed by atoms with van der Waals surface area (Å²) in [6.07, 6.45) is 0. The van der Waals surface area contributed by atoms with Crippen LogP contribution in [0.1, 0.15) is 36.6 Å². The van der Waals surface area contributed by atoms with Gasteiger partial charge in [-0.3, -0.25) is 14.5 Å². The first kappa shape index (κ1) is 24.4. The molecule has 6 nitrogen and oxygen atoms in total. The maximum absolute atomic E-state index is 13.3. The number of aryl methyl sites for hydroxylation is 1. The molecule has 3 aromatic rings. The van der Waals surface area contributed by atoms with Crippen molar-refractivity contribution in [3.63, 3.8) is 0 Å². The molecule has 4 rings (SSSR count). The molecule has 1 aliphatic heterocycles. The Bertz CT molecular complexity index is 1280. The molecule has 1 aliphatic rings. The first-order valence-electron chi connectivity index (χ1n) is 11.4. The van der Waals surface area contributed by atoms with Crippen molar-refractivity contribution in [3.8, 4) is 11.5 Å². The van der Waals surface area contributed by atoms with Crippen LogP contribution in [-0.4, -0.2) is 30.0 Å². The highest BCUT2D eigenvalue weighted by Gasteiger charge is 2.47. The van der Waals surface area contributed by atoms with Crippen molar-refractivity contribution < 1.29 is 24.2 Å². The van der Waals surface area contributed by atoms with Crippen LogP contribution < -0.4 is 14.4 Å². The summed E-state index contributed by atoms with van der Waals surface area (Å²) in [5, 5.41) is 11.7. The average molecular weight is 492 g/mol. The summed E-state index contributed by atoms with van der Waals surface area (Å²) in [7, 11) is 0. The number of hydrogen-bond acceptors (Lipinski definition) is 5. The molecule has 35 heavy (non-hydrogen) atoms. The zero-order valence-electron chi connectivity index (χ0n) is 19.7. The lowest BCUT2D eigenvalue weighted by molar-refractivity contribution is -0.132. The second-order valence-corrected chi connectivity index (χ2v) is 8.49. The van der Waals surface area contributed by atoms with Gasteiger partial charge in [0.05, 0.1) is 29.9 Å². The molecule has 1 saturated heterocycles. The summed E-state index contributed by atoms with van der Waals surface area (Å²) in [5.41, 5.74) is 2.56. The smallest absolute Gasteiger partial charge is 0.300 e. The maximum atomic E-state index is 13.3. The zero-order valence-corrected chi connectivity index (χ0v) is 20.5. The van der Waals surface area contributed by atoms with Crippen LogP contribution >= 0.6 is 11.6 Å². The molecule has 180 valence electrons. The third-order valence-corrected chi connectivity index (χ3v) is 6.08. The Hall–Kier alpha value is -3.77. The van der Waals surface area contributed by atoms with E-state index in [1.807, 2.05) is 32.9 Å². The number of hydrogen-bond donors (Lipinski definition) is 1. The fourth-order valence-corrected chi connectivity index (χ4v) is 4.28. The van der Waals surface area contributed by atoms with Gasteiger partial charge >= 0.3 is 0 Å². The second kappa shape index (κ2) is 10.2. The number of ether oxygens (including phenoxy) is 2. The van der Waals surface area contributed by atoms with Gasteiger partial charge in [0.2, 0.25) is 0 Å². The second-order valence-electron chi connectivity index (χ2n) is 8.08. The van der Waals surface area contributed by atoms with Gasteiger partial charge in [0.1, 0.15) is 17.3 Å². The SMILES string of the molecule is CCOc1ccc(C2/C(=C(/O)c3ccc(Cl)c(OCC)c3)C(=O)C(=O)N2c2ccc(C)cc2)cc1. The molecule has 0 aromatic heterocycles. The molecule has 1 atom stereocenters. The molecule has 1 unspecified atom stereocenters. The molecule has 1 N–H and O–H groups in total. The molecule has 7 heteroatoms. The topological polar surface area (TPSA) is 76.1 Å². The van der Waals surface area contributed by atoms with E-state index >= 15 is 0 Å². The number of rotatable bonds is 7. The highest BCUT2D eigenvalue weighted by molar-refractivity contribution is 6.51. The van der Waals surface area contributed by atoms with E-state index in [9.17, 15) is 14.7 Å². The number of anilines is 1. The Kier molecular flexibility index (Phi) is 7.12. The number of amides is 1. The van der Waals surface area contributed by atoms with Gasteiger partial charge in [0.15, 0.2) is 0 Å². The summed E-state index contributed by atoms with van der Waals surface area (Å²) in [6.45, 7) is 6.55. The molecule has 0 saturated carbocycles. The van der Waals surface area contributed by atoms with Crippen LogP contribution in [0.2, 0.25) is 5.02 Å². The Balaban J connectivity index is 1.90. The number of nitrogens with zero attached hydrogens (tertiary/aromatic N) is 1. The van der Waals surface area contributed by atoms with Crippen LogP contribution in [0.3, 0.4) is 0 Å². The van der Waals surface area contributed by atoms with Gasteiger partial charge in [-0.25, -0.2) is 0 Å². The summed E-state index contributed by atoms with van der Waals surface area (Å²) in [6, 6.07) is 18.4. The molecule has 0 spiro atoms. The minimum absolute atomic E-state index is 0.00972. The van der Waals surface area contributed by atoms with E-state index in [-0.39, 0.29) is 11.3 Å². The van der Waals surface area contributed by atoms with Gasteiger partial charge in [-0.1, -0.05) is 41.4 Å². The van der Waals surface area contributed by atoms with Gasteiger partial charge in [-0.2, -0.15) is 0 Å². The number of Topliss-reactive ketones (excluding diaryl/α,β-unsaturated/α-hetero) is 1. The van der Waals surface area contributed by atoms with Crippen LogP contribution in [-0.2, 0) is 9.59 Å². The van der Waals surface area contributed by atoms with E-state index in [2.05, 4.69) is 0 Å². The predicted molar refractivity (Wildman–Crippen MR) is 136 cm³/mol. The first-order chi connectivity index (χ1) is 16.8.